The summed E-state index contributed by atoms with van der Waals surface area (Å²) in [4.78, 5) is 15.1. The van der Waals surface area contributed by atoms with Gasteiger partial charge in [-0.3, -0.25) is 4.90 Å². The lowest BCUT2D eigenvalue weighted by Crippen LogP contribution is -2.62. The lowest BCUT2D eigenvalue weighted by atomic mass is 9.77. The van der Waals surface area contributed by atoms with E-state index in [1.54, 1.807) is 0 Å². The standard InChI is InChI=1S/C28H27NO4/c30-27(33-18-26-24-12-6-4-10-22(24)23-11-5-7-13-25(23)26)29-20-14-28(31,15-21(29)17-32-16-20)19-8-2-1-3-9-19/h1-13,20-21,26,31H,14-18H2. The quantitative estimate of drug-likeness (QED) is 0.641. The van der Waals surface area contributed by atoms with E-state index in [4.69, 9.17) is 9.47 Å². The third-order valence-electron chi connectivity index (χ3n) is 7.41. The summed E-state index contributed by atoms with van der Waals surface area (Å²) in [6.45, 7) is 1.12. The first-order valence-electron chi connectivity index (χ1n) is 11.6. The van der Waals surface area contributed by atoms with Crippen molar-refractivity contribution < 1.29 is 19.4 Å². The summed E-state index contributed by atoms with van der Waals surface area (Å²) in [6.07, 6.45) is 0.570. The van der Waals surface area contributed by atoms with E-state index in [1.807, 2.05) is 59.5 Å². The number of amides is 1. The molecule has 2 bridgehead atoms. The predicted molar refractivity (Wildman–Crippen MR) is 125 cm³/mol. The molecule has 2 aliphatic heterocycles. The van der Waals surface area contributed by atoms with Crippen LogP contribution >= 0.6 is 0 Å². The molecule has 2 saturated heterocycles. The largest absolute Gasteiger partial charge is 0.448 e. The minimum atomic E-state index is -0.958. The molecule has 5 nitrogen and oxygen atoms in total. The Morgan fingerprint density at radius 1 is 0.879 bits per heavy atom. The second-order valence-electron chi connectivity index (χ2n) is 9.36. The van der Waals surface area contributed by atoms with E-state index >= 15 is 0 Å². The number of nitrogens with zero attached hydrogens (tertiary/aromatic N) is 1. The van der Waals surface area contributed by atoms with Gasteiger partial charge in [-0.1, -0.05) is 78.9 Å². The molecule has 0 aromatic heterocycles. The van der Waals surface area contributed by atoms with E-state index in [-0.39, 0.29) is 24.1 Å². The van der Waals surface area contributed by atoms with Crippen LogP contribution in [0.15, 0.2) is 78.9 Å². The monoisotopic (exact) mass is 441 g/mol. The second-order valence-corrected chi connectivity index (χ2v) is 9.36. The first kappa shape index (κ1) is 20.5. The van der Waals surface area contributed by atoms with Crippen molar-refractivity contribution >= 4 is 6.09 Å². The third-order valence-corrected chi connectivity index (χ3v) is 7.41. The molecule has 1 N–H and O–H groups in total. The molecule has 6 rings (SSSR count). The Labute approximate surface area is 193 Å². The zero-order valence-corrected chi connectivity index (χ0v) is 18.4. The molecule has 2 heterocycles. The van der Waals surface area contributed by atoms with Gasteiger partial charge in [-0.05, 0) is 27.8 Å². The summed E-state index contributed by atoms with van der Waals surface area (Å²) < 4.78 is 11.7. The van der Waals surface area contributed by atoms with Gasteiger partial charge in [0.1, 0.15) is 6.61 Å². The first-order valence-corrected chi connectivity index (χ1v) is 11.6. The van der Waals surface area contributed by atoms with Gasteiger partial charge in [0, 0.05) is 18.8 Å². The zero-order valence-electron chi connectivity index (χ0n) is 18.4. The predicted octanol–water partition coefficient (Wildman–Crippen LogP) is 4.69. The minimum absolute atomic E-state index is 0.0310. The van der Waals surface area contributed by atoms with Crippen molar-refractivity contribution in [1.82, 2.24) is 4.90 Å². The van der Waals surface area contributed by atoms with Gasteiger partial charge in [0.05, 0.1) is 30.9 Å². The van der Waals surface area contributed by atoms with Crippen LogP contribution in [0.3, 0.4) is 0 Å². The number of piperidine rings is 1. The molecule has 3 aromatic rings. The van der Waals surface area contributed by atoms with E-state index in [0.29, 0.717) is 32.7 Å². The average Bonchev–Trinajstić information content (AvgIpc) is 3.16. The van der Waals surface area contributed by atoms with E-state index in [0.717, 1.165) is 5.56 Å². The van der Waals surface area contributed by atoms with E-state index < -0.39 is 5.60 Å². The fourth-order valence-corrected chi connectivity index (χ4v) is 5.93. The summed E-state index contributed by atoms with van der Waals surface area (Å²) in [7, 11) is 0. The van der Waals surface area contributed by atoms with E-state index in [1.165, 1.54) is 22.3 Å². The van der Waals surface area contributed by atoms with Crippen LogP contribution in [0.2, 0.25) is 0 Å². The van der Waals surface area contributed by atoms with Crippen molar-refractivity contribution in [3.8, 4) is 11.1 Å². The number of ether oxygens (including phenoxy) is 2. The molecule has 2 fully saturated rings. The Morgan fingerprint density at radius 2 is 1.42 bits per heavy atom. The topological polar surface area (TPSA) is 59.0 Å². The molecular formula is C28H27NO4. The summed E-state index contributed by atoms with van der Waals surface area (Å²) in [5, 5.41) is 11.4. The lowest BCUT2D eigenvalue weighted by molar-refractivity contribution is -0.136. The maximum atomic E-state index is 13.3. The number of carbonyl (C=O) groups excluding carboxylic acids is 1. The third kappa shape index (κ3) is 3.43. The van der Waals surface area contributed by atoms with Crippen LogP contribution in [-0.4, -0.2) is 48.0 Å². The molecule has 0 spiro atoms. The normalized spacial score (nSPS) is 25.9. The van der Waals surface area contributed by atoms with Crippen LogP contribution in [0.5, 0.6) is 0 Å². The first-order chi connectivity index (χ1) is 16.1. The van der Waals surface area contributed by atoms with E-state index in [9.17, 15) is 9.90 Å². The summed E-state index contributed by atoms with van der Waals surface area (Å²) in [5.74, 6) is 0.0310. The number of benzene rings is 3. The van der Waals surface area contributed by atoms with Crippen LogP contribution in [0, 0.1) is 0 Å². The SMILES string of the molecule is O=C(OCC1c2ccccc2-c2ccccc21)N1C2COCC1CC(O)(c1ccccc1)C2. The maximum absolute atomic E-state index is 13.3. The zero-order chi connectivity index (χ0) is 22.4. The molecule has 2 atom stereocenters. The number of rotatable bonds is 3. The summed E-state index contributed by atoms with van der Waals surface area (Å²) in [6, 6.07) is 26.0. The van der Waals surface area contributed by atoms with Gasteiger partial charge in [-0.2, -0.15) is 0 Å². The highest BCUT2D eigenvalue weighted by atomic mass is 16.6. The minimum Gasteiger partial charge on any atom is -0.448 e. The van der Waals surface area contributed by atoms with Gasteiger partial charge >= 0.3 is 6.09 Å². The van der Waals surface area contributed by atoms with Crippen molar-refractivity contribution in [2.24, 2.45) is 0 Å². The van der Waals surface area contributed by atoms with Crippen molar-refractivity contribution in [1.29, 1.82) is 0 Å². The van der Waals surface area contributed by atoms with E-state index in [2.05, 4.69) is 24.3 Å². The van der Waals surface area contributed by atoms with Crippen molar-refractivity contribution in [2.45, 2.75) is 36.4 Å². The van der Waals surface area contributed by atoms with Gasteiger partial charge in [0.2, 0.25) is 0 Å². The second kappa shape index (κ2) is 8.01. The highest BCUT2D eigenvalue weighted by molar-refractivity contribution is 5.79. The fourth-order valence-electron chi connectivity index (χ4n) is 5.93. The molecule has 3 aromatic carbocycles. The Balaban J connectivity index is 1.21. The van der Waals surface area contributed by atoms with Crippen LogP contribution in [0.4, 0.5) is 4.79 Å². The molecule has 5 heteroatoms. The Kier molecular flexibility index (Phi) is 4.97. The van der Waals surface area contributed by atoms with Crippen LogP contribution < -0.4 is 0 Å². The molecule has 3 aliphatic rings. The van der Waals surface area contributed by atoms with Gasteiger partial charge < -0.3 is 14.6 Å². The number of carbonyl (C=O) groups is 1. The van der Waals surface area contributed by atoms with Gasteiger partial charge in [0.25, 0.3) is 0 Å². The van der Waals surface area contributed by atoms with Crippen molar-refractivity contribution in [3.05, 3.63) is 95.6 Å². The van der Waals surface area contributed by atoms with Gasteiger partial charge in [-0.15, -0.1) is 0 Å². The summed E-state index contributed by atoms with van der Waals surface area (Å²) in [5.41, 5.74) is 4.77. The number of aliphatic hydroxyl groups is 1. The van der Waals surface area contributed by atoms with Crippen molar-refractivity contribution in [3.63, 3.8) is 0 Å². The molecule has 2 unspecified atom stereocenters. The molecular weight excluding hydrogens is 414 g/mol. The highest BCUT2D eigenvalue weighted by Gasteiger charge is 2.49. The number of hydrogen-bond donors (Lipinski definition) is 1. The van der Waals surface area contributed by atoms with Crippen LogP contribution in [0.1, 0.15) is 35.4 Å². The lowest BCUT2D eigenvalue weighted by Gasteiger charge is -2.51. The Morgan fingerprint density at radius 3 is 2.03 bits per heavy atom. The molecule has 0 radical (unpaired) electrons. The Hall–Kier alpha value is -3.15. The van der Waals surface area contributed by atoms with Crippen LogP contribution in [0.25, 0.3) is 11.1 Å². The average molecular weight is 442 g/mol. The number of morpholine rings is 1. The molecule has 168 valence electrons. The molecule has 0 saturated carbocycles. The molecule has 1 aliphatic carbocycles. The van der Waals surface area contributed by atoms with Crippen LogP contribution in [-0.2, 0) is 15.1 Å². The molecule has 1 amide bonds. The smallest absolute Gasteiger partial charge is 0.410 e. The summed E-state index contributed by atoms with van der Waals surface area (Å²) >= 11 is 0. The van der Waals surface area contributed by atoms with Gasteiger partial charge in [-0.25, -0.2) is 4.79 Å². The van der Waals surface area contributed by atoms with Crippen molar-refractivity contribution in [2.75, 3.05) is 19.8 Å². The Bertz CT molecular complexity index is 1120. The fraction of sp³-hybridized carbons (Fsp3) is 0.321. The maximum Gasteiger partial charge on any atom is 0.410 e. The number of hydrogen-bond acceptors (Lipinski definition) is 4. The molecule has 33 heavy (non-hydrogen) atoms. The van der Waals surface area contributed by atoms with Gasteiger partial charge in [0.15, 0.2) is 0 Å². The number of fused-ring (bicyclic) bond motifs is 5. The highest BCUT2D eigenvalue weighted by Crippen LogP contribution is 2.45.